The minimum atomic E-state index is -4.52. The first kappa shape index (κ1) is 29.9. The Morgan fingerprint density at radius 1 is 1.05 bits per heavy atom. The molecule has 0 radical (unpaired) electrons. The topological polar surface area (TPSA) is 78.5 Å². The number of benzene rings is 2. The van der Waals surface area contributed by atoms with E-state index in [9.17, 15) is 22.4 Å². The molecule has 0 bridgehead atoms. The van der Waals surface area contributed by atoms with Gasteiger partial charge in [-0.05, 0) is 37.6 Å². The molecule has 0 unspecified atom stereocenters. The molecule has 2 aromatic rings. The molecule has 1 N–H and O–H groups in total. The van der Waals surface area contributed by atoms with Crippen molar-refractivity contribution in [2.75, 3.05) is 26.3 Å². The summed E-state index contributed by atoms with van der Waals surface area (Å²) in [6.45, 7) is 4.94. The number of carbonyl (C=O) groups is 1. The van der Waals surface area contributed by atoms with Crippen LogP contribution in [0, 0.1) is 5.82 Å². The molecule has 0 spiro atoms. The van der Waals surface area contributed by atoms with Gasteiger partial charge in [0.15, 0.2) is 11.4 Å². The van der Waals surface area contributed by atoms with Crippen molar-refractivity contribution >= 4 is 5.91 Å². The zero-order valence-corrected chi connectivity index (χ0v) is 22.9. The van der Waals surface area contributed by atoms with Crippen molar-refractivity contribution in [2.45, 2.75) is 75.8 Å². The van der Waals surface area contributed by atoms with Crippen molar-refractivity contribution in [1.29, 1.82) is 0 Å². The summed E-state index contributed by atoms with van der Waals surface area (Å²) >= 11 is 0. The Morgan fingerprint density at radius 2 is 1.80 bits per heavy atom. The molecule has 2 heterocycles. The summed E-state index contributed by atoms with van der Waals surface area (Å²) in [6.07, 6.45) is -6.37. The molecule has 4 atom stereocenters. The number of ether oxygens (including phenoxy) is 5. The average Bonchev–Trinajstić information content (AvgIpc) is 3.25. The molecule has 5 rings (SSSR count). The minimum Gasteiger partial charge on any atom is -0.379 e. The van der Waals surface area contributed by atoms with Crippen LogP contribution < -0.4 is 5.43 Å². The van der Waals surface area contributed by atoms with Crippen molar-refractivity contribution in [3.05, 3.63) is 71.0 Å². The summed E-state index contributed by atoms with van der Waals surface area (Å²) in [4.78, 5) is 13.9. The number of hydrazine groups is 1. The molecule has 0 aromatic heterocycles. The van der Waals surface area contributed by atoms with Crippen LogP contribution in [-0.4, -0.2) is 66.9 Å². The maximum absolute atomic E-state index is 14.4. The first-order chi connectivity index (χ1) is 19.4. The van der Waals surface area contributed by atoms with E-state index in [4.69, 9.17) is 23.7 Å². The lowest BCUT2D eigenvalue weighted by molar-refractivity contribution is -0.188. The summed E-state index contributed by atoms with van der Waals surface area (Å²) in [7, 11) is 0. The van der Waals surface area contributed by atoms with E-state index < -0.39 is 53.2 Å². The van der Waals surface area contributed by atoms with Crippen molar-refractivity contribution in [1.82, 2.24) is 10.4 Å². The Morgan fingerprint density at radius 3 is 2.54 bits per heavy atom. The number of rotatable bonds is 8. The van der Waals surface area contributed by atoms with Crippen molar-refractivity contribution < 1.29 is 46.0 Å². The maximum atomic E-state index is 14.4. The first-order valence-electron chi connectivity index (χ1n) is 13.6. The third-order valence-electron chi connectivity index (χ3n) is 7.51. The fourth-order valence-corrected chi connectivity index (χ4v) is 5.50. The molecule has 1 saturated carbocycles. The molecular formula is C29H34F4N2O6. The van der Waals surface area contributed by atoms with Crippen LogP contribution in [0.25, 0.3) is 0 Å². The van der Waals surface area contributed by atoms with Crippen molar-refractivity contribution in [3.63, 3.8) is 0 Å². The number of hydrogen-bond donors (Lipinski definition) is 1. The second kappa shape index (κ2) is 11.9. The molecule has 2 aromatic carbocycles. The highest BCUT2D eigenvalue weighted by Gasteiger charge is 2.58. The quantitative estimate of drug-likeness (QED) is 0.464. The van der Waals surface area contributed by atoms with E-state index >= 15 is 0 Å². The number of nitrogens with one attached hydrogen (secondary N) is 1. The van der Waals surface area contributed by atoms with Crippen LogP contribution in [0.2, 0.25) is 0 Å². The smallest absolute Gasteiger partial charge is 0.379 e. The summed E-state index contributed by atoms with van der Waals surface area (Å²) in [5, 5.41) is 1.72. The van der Waals surface area contributed by atoms with Crippen LogP contribution in [0.5, 0.6) is 0 Å². The van der Waals surface area contributed by atoms with Gasteiger partial charge in [-0.3, -0.25) is 10.2 Å². The highest BCUT2D eigenvalue weighted by atomic mass is 19.4. The van der Waals surface area contributed by atoms with Gasteiger partial charge in [0.25, 0.3) is 5.91 Å². The van der Waals surface area contributed by atoms with Crippen molar-refractivity contribution in [2.24, 2.45) is 0 Å². The third kappa shape index (κ3) is 7.07. The van der Waals surface area contributed by atoms with Gasteiger partial charge in [-0.2, -0.15) is 13.2 Å². The van der Waals surface area contributed by atoms with Crippen LogP contribution in [0.4, 0.5) is 17.6 Å². The number of halogens is 4. The molecule has 1 aliphatic carbocycles. The van der Waals surface area contributed by atoms with Gasteiger partial charge in [0.1, 0.15) is 11.9 Å². The number of nitrogens with zero attached hydrogens (tertiary/aromatic N) is 1. The highest BCUT2D eigenvalue weighted by molar-refractivity contribution is 5.85. The minimum absolute atomic E-state index is 0.0111. The zero-order valence-electron chi connectivity index (χ0n) is 22.9. The molecule has 3 aliphatic rings. The summed E-state index contributed by atoms with van der Waals surface area (Å²) in [5.74, 6) is -1.88. The van der Waals surface area contributed by atoms with Gasteiger partial charge in [-0.1, -0.05) is 30.3 Å². The lowest BCUT2D eigenvalue weighted by Crippen LogP contribution is -2.63. The number of alkyl halides is 3. The van der Waals surface area contributed by atoms with Crippen LogP contribution in [-0.2, 0) is 47.9 Å². The van der Waals surface area contributed by atoms with Crippen LogP contribution in [0.15, 0.2) is 48.5 Å². The first-order valence-corrected chi connectivity index (χ1v) is 13.6. The molecule has 8 nitrogen and oxygen atoms in total. The third-order valence-corrected chi connectivity index (χ3v) is 7.51. The van der Waals surface area contributed by atoms with E-state index in [1.807, 2.05) is 0 Å². The Labute approximate surface area is 235 Å². The molecule has 12 heteroatoms. The van der Waals surface area contributed by atoms with Gasteiger partial charge in [0.05, 0.1) is 44.2 Å². The van der Waals surface area contributed by atoms with Crippen LogP contribution >= 0.6 is 0 Å². The number of fused-ring (bicyclic) bond motifs is 1. The number of hydrogen-bond acceptors (Lipinski definition) is 7. The van der Waals surface area contributed by atoms with E-state index in [0.717, 1.165) is 12.1 Å². The predicted molar refractivity (Wildman–Crippen MR) is 138 cm³/mol. The molecule has 41 heavy (non-hydrogen) atoms. The van der Waals surface area contributed by atoms with E-state index in [-0.39, 0.29) is 31.6 Å². The van der Waals surface area contributed by atoms with Crippen molar-refractivity contribution in [3.8, 4) is 0 Å². The largest absolute Gasteiger partial charge is 0.416 e. The summed E-state index contributed by atoms with van der Waals surface area (Å²) < 4.78 is 84.6. The predicted octanol–water partition coefficient (Wildman–Crippen LogP) is 4.36. The maximum Gasteiger partial charge on any atom is 0.416 e. The number of carbonyl (C=O) groups excluding carboxylic acids is 1. The van der Waals surface area contributed by atoms with Gasteiger partial charge in [-0.15, -0.1) is 0 Å². The Kier molecular flexibility index (Phi) is 8.70. The normalized spacial score (nSPS) is 28.3. The Bertz CT molecular complexity index is 1220. The van der Waals surface area contributed by atoms with Gasteiger partial charge in [0, 0.05) is 31.5 Å². The highest BCUT2D eigenvalue weighted by Crippen LogP contribution is 2.44. The average molecular weight is 583 g/mol. The van der Waals surface area contributed by atoms with E-state index in [2.05, 4.69) is 5.43 Å². The van der Waals surface area contributed by atoms with Gasteiger partial charge < -0.3 is 23.7 Å². The lowest BCUT2D eigenvalue weighted by Gasteiger charge is -2.44. The summed E-state index contributed by atoms with van der Waals surface area (Å²) in [6, 6.07) is 11.0. The van der Waals surface area contributed by atoms with Gasteiger partial charge in [0.2, 0.25) is 0 Å². The molecule has 2 saturated heterocycles. The van der Waals surface area contributed by atoms with E-state index in [1.165, 1.54) is 18.2 Å². The second-order valence-corrected chi connectivity index (χ2v) is 11.0. The molecule has 224 valence electrons. The number of morpholine rings is 1. The van der Waals surface area contributed by atoms with E-state index in [0.29, 0.717) is 31.9 Å². The summed E-state index contributed by atoms with van der Waals surface area (Å²) in [5.41, 5.74) is 1.14. The monoisotopic (exact) mass is 582 g/mol. The van der Waals surface area contributed by atoms with E-state index in [1.54, 1.807) is 37.1 Å². The molecule has 2 aliphatic heterocycles. The molecular weight excluding hydrogens is 548 g/mol. The SMILES string of the molecule is CC1(C)O[C@H]2[C@@H](OCc3ccccc3F)C[C@](OCc3cccc(C(F)(F)F)c3)(C(=O)NN3CCOCC3)C[C@H]2O1. The molecule has 1 amide bonds. The molecule has 3 fully saturated rings. The fraction of sp³-hybridized carbons (Fsp3) is 0.552. The fourth-order valence-electron chi connectivity index (χ4n) is 5.50. The van der Waals surface area contributed by atoms with Crippen LogP contribution in [0.1, 0.15) is 43.4 Å². The van der Waals surface area contributed by atoms with Gasteiger partial charge in [-0.25, -0.2) is 9.40 Å². The van der Waals surface area contributed by atoms with Gasteiger partial charge >= 0.3 is 6.18 Å². The zero-order chi connectivity index (χ0) is 29.3. The lowest BCUT2D eigenvalue weighted by atomic mass is 9.78. The standard InChI is InChI=1S/C29H34F4N2O6/c1-27(2)40-24-16-28(26(36)34-35-10-12-37-13-11-35,39-17-19-6-5-8-21(14-19)29(31,32)33)15-23(25(24)41-27)38-18-20-7-3-4-9-22(20)30/h3-9,14,23-25H,10-13,15-18H2,1-2H3,(H,34,36)/t23-,24+,25-,28+/m0/s1. The number of amides is 1. The Balaban J connectivity index is 1.43. The second-order valence-electron chi connectivity index (χ2n) is 11.0. The Hall–Kier alpha value is -2.61. The van der Waals surface area contributed by atoms with Crippen LogP contribution in [0.3, 0.4) is 0 Å².